The topological polar surface area (TPSA) is 47.7 Å². The van der Waals surface area contributed by atoms with Crippen LogP contribution in [0.2, 0.25) is 5.02 Å². The molecule has 0 aliphatic heterocycles. The van der Waals surface area contributed by atoms with Crippen molar-refractivity contribution in [1.82, 2.24) is 24.9 Å². The van der Waals surface area contributed by atoms with Crippen LogP contribution in [0.3, 0.4) is 0 Å². The van der Waals surface area contributed by atoms with Gasteiger partial charge in [0.15, 0.2) is 0 Å². The Labute approximate surface area is 131 Å². The van der Waals surface area contributed by atoms with Gasteiger partial charge in [0.25, 0.3) is 0 Å². The summed E-state index contributed by atoms with van der Waals surface area (Å²) in [5, 5.41) is 13.2. The molecule has 0 aliphatic rings. The van der Waals surface area contributed by atoms with E-state index in [9.17, 15) is 0 Å². The van der Waals surface area contributed by atoms with E-state index in [4.69, 9.17) is 11.6 Å². The van der Waals surface area contributed by atoms with Crippen LogP contribution in [-0.2, 0) is 20.0 Å². The molecule has 0 spiro atoms. The van der Waals surface area contributed by atoms with E-state index in [2.05, 4.69) is 42.4 Å². The lowest BCUT2D eigenvalue weighted by molar-refractivity contribution is 0.500. The van der Waals surface area contributed by atoms with Gasteiger partial charge in [0, 0.05) is 13.6 Å². The minimum absolute atomic E-state index is 0.00866. The maximum absolute atomic E-state index is 6.40. The van der Waals surface area contributed by atoms with Crippen molar-refractivity contribution >= 4 is 11.6 Å². The van der Waals surface area contributed by atoms with Crippen molar-refractivity contribution in [2.45, 2.75) is 46.2 Å². The smallest absolute Gasteiger partial charge is 0.0933 e. The minimum atomic E-state index is 0.00866. The van der Waals surface area contributed by atoms with Gasteiger partial charge in [0.05, 0.1) is 34.3 Å². The fourth-order valence-corrected chi connectivity index (χ4v) is 2.83. The predicted octanol–water partition coefficient (Wildman–Crippen LogP) is 2.94. The molecule has 0 radical (unpaired) electrons. The van der Waals surface area contributed by atoms with Crippen molar-refractivity contribution in [3.63, 3.8) is 0 Å². The third kappa shape index (κ3) is 3.30. The van der Waals surface area contributed by atoms with Gasteiger partial charge in [-0.2, -0.15) is 10.2 Å². The van der Waals surface area contributed by atoms with E-state index in [1.54, 1.807) is 6.20 Å². The molecule has 1 atom stereocenters. The molecule has 2 aromatic heterocycles. The lowest BCUT2D eigenvalue weighted by atomic mass is 10.1. The first kappa shape index (κ1) is 16.0. The van der Waals surface area contributed by atoms with Crippen LogP contribution in [0.25, 0.3) is 0 Å². The Morgan fingerprint density at radius 3 is 2.67 bits per heavy atom. The highest BCUT2D eigenvalue weighted by Crippen LogP contribution is 2.29. The molecule has 2 rings (SSSR count). The second-order valence-corrected chi connectivity index (χ2v) is 5.54. The van der Waals surface area contributed by atoms with Gasteiger partial charge < -0.3 is 5.32 Å². The average Bonchev–Trinajstić information content (AvgIpc) is 3.01. The Morgan fingerprint density at radius 1 is 1.33 bits per heavy atom. The second kappa shape index (κ2) is 7.09. The molecule has 0 saturated heterocycles. The van der Waals surface area contributed by atoms with Gasteiger partial charge >= 0.3 is 0 Å². The van der Waals surface area contributed by atoms with E-state index >= 15 is 0 Å². The zero-order valence-corrected chi connectivity index (χ0v) is 14.0. The zero-order chi connectivity index (χ0) is 15.4. The Balaban J connectivity index is 2.47. The summed E-state index contributed by atoms with van der Waals surface area (Å²) in [6, 6.07) is 2.15. The molecule has 0 amide bonds. The molecule has 0 fully saturated rings. The molecule has 0 saturated carbocycles. The van der Waals surface area contributed by atoms with E-state index in [1.165, 1.54) is 0 Å². The normalized spacial score (nSPS) is 12.8. The number of nitrogens with zero attached hydrogens (tertiary/aromatic N) is 4. The van der Waals surface area contributed by atoms with Crippen molar-refractivity contribution in [3.8, 4) is 0 Å². The van der Waals surface area contributed by atoms with Crippen molar-refractivity contribution in [3.05, 3.63) is 34.4 Å². The van der Waals surface area contributed by atoms with Crippen LogP contribution in [0.15, 0.2) is 12.3 Å². The SMILES string of the molecule is CCCn1ncc(Cl)c1C(NCC)c1cc(CC)nn1C. The van der Waals surface area contributed by atoms with Gasteiger partial charge in [0.2, 0.25) is 0 Å². The molecular weight excluding hydrogens is 286 g/mol. The average molecular weight is 310 g/mol. The van der Waals surface area contributed by atoms with Crippen LogP contribution in [0.1, 0.15) is 50.3 Å². The monoisotopic (exact) mass is 309 g/mol. The summed E-state index contributed by atoms with van der Waals surface area (Å²) in [7, 11) is 1.98. The summed E-state index contributed by atoms with van der Waals surface area (Å²) in [5.74, 6) is 0. The summed E-state index contributed by atoms with van der Waals surface area (Å²) >= 11 is 6.40. The Morgan fingerprint density at radius 2 is 2.10 bits per heavy atom. The van der Waals surface area contributed by atoms with E-state index in [-0.39, 0.29) is 6.04 Å². The number of rotatable bonds is 7. The molecule has 2 aromatic rings. The van der Waals surface area contributed by atoms with Crippen LogP contribution >= 0.6 is 11.6 Å². The standard InChI is InChI=1S/C15H24ClN5/c1-5-8-21-15(12(16)10-18-21)14(17-7-3)13-9-11(6-2)19-20(13)4/h9-10,14,17H,5-8H2,1-4H3. The molecule has 1 unspecified atom stereocenters. The van der Waals surface area contributed by atoms with Crippen LogP contribution in [-0.4, -0.2) is 26.1 Å². The van der Waals surface area contributed by atoms with Gasteiger partial charge in [0.1, 0.15) is 0 Å². The maximum atomic E-state index is 6.40. The molecular formula is C15H24ClN5. The molecule has 0 aromatic carbocycles. The first-order valence-electron chi connectivity index (χ1n) is 7.59. The number of aromatic nitrogens is 4. The predicted molar refractivity (Wildman–Crippen MR) is 85.6 cm³/mol. The third-order valence-electron chi connectivity index (χ3n) is 3.57. The Kier molecular flexibility index (Phi) is 5.42. The summed E-state index contributed by atoms with van der Waals surface area (Å²) < 4.78 is 3.93. The molecule has 116 valence electrons. The third-order valence-corrected chi connectivity index (χ3v) is 3.87. The fourth-order valence-electron chi connectivity index (χ4n) is 2.58. The number of aryl methyl sites for hydroxylation is 3. The quantitative estimate of drug-likeness (QED) is 0.855. The highest BCUT2D eigenvalue weighted by molar-refractivity contribution is 6.31. The fraction of sp³-hybridized carbons (Fsp3) is 0.600. The van der Waals surface area contributed by atoms with Crippen molar-refractivity contribution in [2.24, 2.45) is 7.05 Å². The van der Waals surface area contributed by atoms with Crippen LogP contribution in [0, 0.1) is 0 Å². The highest BCUT2D eigenvalue weighted by atomic mass is 35.5. The Bertz CT molecular complexity index is 587. The molecule has 0 aliphatic carbocycles. The van der Waals surface area contributed by atoms with E-state index < -0.39 is 0 Å². The van der Waals surface area contributed by atoms with Gasteiger partial charge in [-0.15, -0.1) is 0 Å². The molecule has 0 bridgehead atoms. The van der Waals surface area contributed by atoms with E-state index in [0.717, 1.165) is 43.0 Å². The molecule has 21 heavy (non-hydrogen) atoms. The summed E-state index contributed by atoms with van der Waals surface area (Å²) in [5.41, 5.74) is 3.23. The van der Waals surface area contributed by atoms with Crippen molar-refractivity contribution in [1.29, 1.82) is 0 Å². The highest BCUT2D eigenvalue weighted by Gasteiger charge is 2.24. The minimum Gasteiger partial charge on any atom is -0.304 e. The second-order valence-electron chi connectivity index (χ2n) is 5.13. The maximum Gasteiger partial charge on any atom is 0.0933 e. The lowest BCUT2D eigenvalue weighted by Crippen LogP contribution is -2.27. The Hall–Kier alpha value is -1.33. The zero-order valence-electron chi connectivity index (χ0n) is 13.2. The summed E-state index contributed by atoms with van der Waals surface area (Å²) in [6.45, 7) is 8.06. The number of hydrogen-bond donors (Lipinski definition) is 1. The number of halogens is 1. The van der Waals surface area contributed by atoms with Crippen LogP contribution in [0.4, 0.5) is 0 Å². The molecule has 1 N–H and O–H groups in total. The first-order valence-corrected chi connectivity index (χ1v) is 7.97. The van der Waals surface area contributed by atoms with Gasteiger partial charge in [-0.3, -0.25) is 9.36 Å². The summed E-state index contributed by atoms with van der Waals surface area (Å²) in [6.07, 6.45) is 3.68. The van der Waals surface area contributed by atoms with Crippen molar-refractivity contribution in [2.75, 3.05) is 6.54 Å². The van der Waals surface area contributed by atoms with Gasteiger partial charge in [-0.1, -0.05) is 32.4 Å². The van der Waals surface area contributed by atoms with Crippen molar-refractivity contribution < 1.29 is 0 Å². The largest absolute Gasteiger partial charge is 0.304 e. The molecule has 2 heterocycles. The summed E-state index contributed by atoms with van der Waals surface area (Å²) in [4.78, 5) is 0. The number of hydrogen-bond acceptors (Lipinski definition) is 3. The van der Waals surface area contributed by atoms with Gasteiger partial charge in [-0.05, 0) is 25.5 Å². The van der Waals surface area contributed by atoms with Gasteiger partial charge in [-0.25, -0.2) is 0 Å². The van der Waals surface area contributed by atoms with Crippen LogP contribution < -0.4 is 5.32 Å². The van der Waals surface area contributed by atoms with E-state index in [0.29, 0.717) is 5.02 Å². The van der Waals surface area contributed by atoms with Crippen LogP contribution in [0.5, 0.6) is 0 Å². The first-order chi connectivity index (χ1) is 10.1. The number of nitrogens with one attached hydrogen (secondary N) is 1. The molecule has 6 heteroatoms. The molecule has 5 nitrogen and oxygen atoms in total. The van der Waals surface area contributed by atoms with E-state index in [1.807, 2.05) is 16.4 Å². The lowest BCUT2D eigenvalue weighted by Gasteiger charge is -2.20.